The van der Waals surface area contributed by atoms with Gasteiger partial charge in [0.1, 0.15) is 12.1 Å². The highest BCUT2D eigenvalue weighted by Gasteiger charge is 2.35. The van der Waals surface area contributed by atoms with E-state index >= 15 is 0 Å². The summed E-state index contributed by atoms with van der Waals surface area (Å²) in [7, 11) is 0. The molecule has 0 saturated carbocycles. The van der Waals surface area contributed by atoms with Crippen molar-refractivity contribution in [2.24, 2.45) is 5.92 Å². The van der Waals surface area contributed by atoms with Crippen molar-refractivity contribution in [2.75, 3.05) is 13.1 Å². The van der Waals surface area contributed by atoms with Crippen LogP contribution in [0.1, 0.15) is 27.2 Å². The summed E-state index contributed by atoms with van der Waals surface area (Å²) in [5.74, 6) is -2.56. The molecule has 0 aromatic heterocycles. The molecular weight excluding hydrogens is 226 g/mol. The quantitative estimate of drug-likeness (QED) is 0.719. The molecule has 1 N–H and O–H groups in total. The molecule has 1 fully saturated rings. The van der Waals surface area contributed by atoms with Gasteiger partial charge in [-0.05, 0) is 20.8 Å². The van der Waals surface area contributed by atoms with E-state index in [0.29, 0.717) is 0 Å². The van der Waals surface area contributed by atoms with E-state index in [0.717, 1.165) is 0 Å². The lowest BCUT2D eigenvalue weighted by Crippen LogP contribution is -2.36. The number of rotatable bonds is 3. The third-order valence-corrected chi connectivity index (χ3v) is 2.30. The maximum atomic E-state index is 11.5. The van der Waals surface area contributed by atoms with Crippen LogP contribution in [-0.4, -0.2) is 46.5 Å². The molecule has 0 aromatic rings. The second-order valence-electron chi connectivity index (χ2n) is 5.10. The number of aliphatic carboxylic acids is 1. The van der Waals surface area contributed by atoms with Crippen molar-refractivity contribution < 1.29 is 24.2 Å². The third-order valence-electron chi connectivity index (χ3n) is 2.30. The molecular formula is C11H17NO5. The number of amides is 1. The van der Waals surface area contributed by atoms with Crippen molar-refractivity contribution in [1.82, 2.24) is 4.90 Å². The van der Waals surface area contributed by atoms with E-state index in [1.165, 1.54) is 4.90 Å². The number of carboxylic acid groups (broad SMARTS) is 1. The maximum absolute atomic E-state index is 11.5. The zero-order valence-electron chi connectivity index (χ0n) is 10.2. The van der Waals surface area contributed by atoms with Crippen LogP contribution in [0.2, 0.25) is 0 Å². The zero-order chi connectivity index (χ0) is 13.2. The number of esters is 1. The van der Waals surface area contributed by atoms with Crippen molar-refractivity contribution in [3.05, 3.63) is 0 Å². The first-order chi connectivity index (χ1) is 7.69. The minimum Gasteiger partial charge on any atom is -0.481 e. The van der Waals surface area contributed by atoms with Crippen LogP contribution in [0.5, 0.6) is 0 Å². The number of nitrogens with zero attached hydrogens (tertiary/aromatic N) is 1. The van der Waals surface area contributed by atoms with Crippen LogP contribution in [0.3, 0.4) is 0 Å². The summed E-state index contributed by atoms with van der Waals surface area (Å²) in [5.41, 5.74) is -0.605. The molecule has 1 saturated heterocycles. The Morgan fingerprint density at radius 3 is 2.47 bits per heavy atom. The number of likely N-dealkylation sites (tertiary alicyclic amines) is 1. The predicted octanol–water partition coefficient (Wildman–Crippen LogP) is 0.261. The molecule has 1 heterocycles. The number of ether oxygens (including phenoxy) is 1. The topological polar surface area (TPSA) is 83.9 Å². The molecule has 0 spiro atoms. The van der Waals surface area contributed by atoms with Crippen LogP contribution in [0.15, 0.2) is 0 Å². The Balaban J connectivity index is 2.50. The van der Waals surface area contributed by atoms with Crippen LogP contribution in [0.4, 0.5) is 0 Å². The standard InChI is InChI=1S/C11H17NO5/c1-11(2,3)17-9(14)6-12-5-7(10(15)16)4-8(12)13/h7H,4-6H2,1-3H3,(H,15,16). The highest BCUT2D eigenvalue weighted by atomic mass is 16.6. The predicted molar refractivity (Wildman–Crippen MR) is 58.2 cm³/mol. The van der Waals surface area contributed by atoms with Gasteiger partial charge < -0.3 is 14.7 Å². The Morgan fingerprint density at radius 2 is 2.06 bits per heavy atom. The van der Waals surface area contributed by atoms with Gasteiger partial charge in [0, 0.05) is 13.0 Å². The van der Waals surface area contributed by atoms with E-state index in [9.17, 15) is 14.4 Å². The Labute approximate surface area is 99.5 Å². The Hall–Kier alpha value is -1.59. The van der Waals surface area contributed by atoms with Crippen LogP contribution in [0, 0.1) is 5.92 Å². The highest BCUT2D eigenvalue weighted by molar-refractivity contribution is 5.88. The molecule has 1 unspecified atom stereocenters. The minimum absolute atomic E-state index is 0.0435. The molecule has 17 heavy (non-hydrogen) atoms. The molecule has 0 aromatic carbocycles. The SMILES string of the molecule is CC(C)(C)OC(=O)CN1CC(C(=O)O)CC1=O. The van der Waals surface area contributed by atoms with Crippen molar-refractivity contribution >= 4 is 17.8 Å². The summed E-state index contributed by atoms with van der Waals surface area (Å²) >= 11 is 0. The van der Waals surface area contributed by atoms with Crippen molar-refractivity contribution in [3.63, 3.8) is 0 Å². The molecule has 1 atom stereocenters. The molecule has 1 rings (SSSR count). The summed E-state index contributed by atoms with van der Waals surface area (Å²) in [5, 5.41) is 8.77. The van der Waals surface area contributed by atoms with E-state index < -0.39 is 23.5 Å². The molecule has 96 valence electrons. The second kappa shape index (κ2) is 4.73. The van der Waals surface area contributed by atoms with Gasteiger partial charge in [-0.3, -0.25) is 14.4 Å². The Kier molecular flexibility index (Phi) is 3.75. The van der Waals surface area contributed by atoms with Gasteiger partial charge in [-0.2, -0.15) is 0 Å². The van der Waals surface area contributed by atoms with Gasteiger partial charge in [0.15, 0.2) is 0 Å². The summed E-state index contributed by atoms with van der Waals surface area (Å²) in [6.45, 7) is 5.09. The smallest absolute Gasteiger partial charge is 0.326 e. The zero-order valence-corrected chi connectivity index (χ0v) is 10.2. The third kappa shape index (κ3) is 4.05. The first-order valence-corrected chi connectivity index (χ1v) is 5.41. The average molecular weight is 243 g/mol. The normalized spacial score (nSPS) is 20.5. The number of carbonyl (C=O) groups is 3. The molecule has 0 bridgehead atoms. The Bertz CT molecular complexity index is 344. The van der Waals surface area contributed by atoms with Crippen molar-refractivity contribution in [1.29, 1.82) is 0 Å². The highest BCUT2D eigenvalue weighted by Crippen LogP contribution is 2.18. The van der Waals surface area contributed by atoms with E-state index in [-0.39, 0.29) is 25.4 Å². The van der Waals surface area contributed by atoms with E-state index in [1.807, 2.05) is 0 Å². The average Bonchev–Trinajstić information content (AvgIpc) is 2.44. The monoisotopic (exact) mass is 243 g/mol. The van der Waals surface area contributed by atoms with Gasteiger partial charge in [-0.1, -0.05) is 0 Å². The van der Waals surface area contributed by atoms with E-state index in [4.69, 9.17) is 9.84 Å². The van der Waals surface area contributed by atoms with Gasteiger partial charge in [0.2, 0.25) is 5.91 Å². The molecule has 1 aliphatic heterocycles. The fourth-order valence-corrected chi connectivity index (χ4v) is 1.62. The number of carbonyl (C=O) groups excluding carboxylic acids is 2. The van der Waals surface area contributed by atoms with Crippen LogP contribution in [0.25, 0.3) is 0 Å². The summed E-state index contributed by atoms with van der Waals surface area (Å²) in [6, 6.07) is 0. The molecule has 6 heteroatoms. The van der Waals surface area contributed by atoms with Gasteiger partial charge >= 0.3 is 11.9 Å². The van der Waals surface area contributed by atoms with E-state index in [2.05, 4.69) is 0 Å². The minimum atomic E-state index is -1.01. The van der Waals surface area contributed by atoms with Gasteiger partial charge in [0.05, 0.1) is 5.92 Å². The maximum Gasteiger partial charge on any atom is 0.326 e. The molecule has 0 radical (unpaired) electrons. The molecule has 6 nitrogen and oxygen atoms in total. The second-order valence-corrected chi connectivity index (χ2v) is 5.10. The number of hydrogen-bond acceptors (Lipinski definition) is 4. The van der Waals surface area contributed by atoms with Crippen molar-refractivity contribution in [3.8, 4) is 0 Å². The van der Waals surface area contributed by atoms with Crippen LogP contribution >= 0.6 is 0 Å². The van der Waals surface area contributed by atoms with Gasteiger partial charge in [-0.25, -0.2) is 0 Å². The number of hydrogen-bond donors (Lipinski definition) is 1. The fraction of sp³-hybridized carbons (Fsp3) is 0.727. The first-order valence-electron chi connectivity index (χ1n) is 5.41. The number of carboxylic acids is 1. The molecule has 1 aliphatic rings. The first kappa shape index (κ1) is 13.5. The lowest BCUT2D eigenvalue weighted by atomic mass is 10.1. The largest absolute Gasteiger partial charge is 0.481 e. The van der Waals surface area contributed by atoms with E-state index in [1.54, 1.807) is 20.8 Å². The molecule has 0 aliphatic carbocycles. The fourth-order valence-electron chi connectivity index (χ4n) is 1.62. The van der Waals surface area contributed by atoms with Gasteiger partial charge in [0.25, 0.3) is 0 Å². The lowest BCUT2D eigenvalue weighted by molar-refractivity contribution is -0.158. The summed E-state index contributed by atoms with van der Waals surface area (Å²) < 4.78 is 5.06. The van der Waals surface area contributed by atoms with Crippen molar-refractivity contribution in [2.45, 2.75) is 32.8 Å². The lowest BCUT2D eigenvalue weighted by Gasteiger charge is -2.22. The van der Waals surface area contributed by atoms with Crippen LogP contribution in [-0.2, 0) is 19.1 Å². The van der Waals surface area contributed by atoms with Gasteiger partial charge in [-0.15, -0.1) is 0 Å². The Morgan fingerprint density at radius 1 is 1.47 bits per heavy atom. The molecule has 1 amide bonds. The summed E-state index contributed by atoms with van der Waals surface area (Å²) in [4.78, 5) is 34.9. The van der Waals surface area contributed by atoms with Crippen LogP contribution < -0.4 is 0 Å². The summed E-state index contributed by atoms with van der Waals surface area (Å²) in [6.07, 6.45) is -0.0435.